The largest absolute Gasteiger partial charge is 0.481 e. The highest BCUT2D eigenvalue weighted by atomic mass is 16.5. The minimum absolute atomic E-state index is 0.0682. The average Bonchev–Trinajstić information content (AvgIpc) is 2.62. The van der Waals surface area contributed by atoms with Crippen LogP contribution in [-0.4, -0.2) is 34.6 Å². The zero-order valence-corrected chi connectivity index (χ0v) is 13.8. The van der Waals surface area contributed by atoms with Crippen molar-refractivity contribution in [2.75, 3.05) is 0 Å². The monoisotopic (exact) mass is 355 g/mol. The van der Waals surface area contributed by atoms with E-state index in [-0.39, 0.29) is 36.6 Å². The van der Waals surface area contributed by atoms with E-state index < -0.39 is 5.97 Å². The predicted octanol–water partition coefficient (Wildman–Crippen LogP) is 0.896. The van der Waals surface area contributed by atoms with Crippen molar-refractivity contribution in [3.8, 4) is 0 Å². The molecule has 8 heteroatoms. The van der Waals surface area contributed by atoms with Gasteiger partial charge in [-0.1, -0.05) is 6.08 Å². The second kappa shape index (κ2) is 6.29. The van der Waals surface area contributed by atoms with Crippen molar-refractivity contribution < 1.29 is 24.2 Å². The SMILES string of the molecule is O=C(O)CCC(=O)NC1C=C2C(=CC1)OC1=C3C2=NNC(=O)C3CC=C1. The van der Waals surface area contributed by atoms with Crippen LogP contribution in [0.1, 0.15) is 25.7 Å². The molecule has 3 N–H and O–H groups in total. The number of carbonyl (C=O) groups is 3. The van der Waals surface area contributed by atoms with Crippen LogP contribution in [0.15, 0.2) is 52.1 Å². The Kier molecular flexibility index (Phi) is 3.95. The summed E-state index contributed by atoms with van der Waals surface area (Å²) in [7, 11) is 0. The van der Waals surface area contributed by atoms with Crippen LogP contribution < -0.4 is 10.7 Å². The van der Waals surface area contributed by atoms with E-state index in [9.17, 15) is 14.4 Å². The Morgan fingerprint density at radius 2 is 2.19 bits per heavy atom. The molecule has 0 radical (unpaired) electrons. The fraction of sp³-hybridized carbons (Fsp3) is 0.333. The fourth-order valence-corrected chi connectivity index (χ4v) is 3.46. The van der Waals surface area contributed by atoms with E-state index >= 15 is 0 Å². The molecule has 0 aromatic heterocycles. The Bertz CT molecular complexity index is 862. The van der Waals surface area contributed by atoms with Crippen LogP contribution in [0.5, 0.6) is 0 Å². The standard InChI is InChI=1S/C18H17N3O5/c22-14(6-7-15(23)24)19-9-4-5-12-11(8-9)17-16-10(18(25)21-20-17)2-1-3-13(16)26-12/h1,3,5,8-10H,2,4,6-7H2,(H,19,22)(H,21,25)(H,23,24). The number of nitrogens with zero attached hydrogens (tertiary/aromatic N) is 1. The number of hydrazone groups is 1. The zero-order valence-electron chi connectivity index (χ0n) is 13.8. The summed E-state index contributed by atoms with van der Waals surface area (Å²) >= 11 is 0. The normalized spacial score (nSPS) is 25.7. The zero-order chi connectivity index (χ0) is 18.3. The van der Waals surface area contributed by atoms with E-state index in [0.29, 0.717) is 30.1 Å². The molecular weight excluding hydrogens is 338 g/mol. The quantitative estimate of drug-likeness (QED) is 0.692. The van der Waals surface area contributed by atoms with Crippen molar-refractivity contribution in [1.82, 2.24) is 10.7 Å². The number of carboxylic acids is 1. The van der Waals surface area contributed by atoms with Crippen LogP contribution in [0.25, 0.3) is 0 Å². The van der Waals surface area contributed by atoms with Crippen molar-refractivity contribution in [3.63, 3.8) is 0 Å². The molecule has 2 atom stereocenters. The highest BCUT2D eigenvalue weighted by molar-refractivity contribution is 6.20. The number of hydrogen-bond acceptors (Lipinski definition) is 5. The number of amides is 2. The van der Waals surface area contributed by atoms with Crippen LogP contribution >= 0.6 is 0 Å². The van der Waals surface area contributed by atoms with Gasteiger partial charge >= 0.3 is 5.97 Å². The molecule has 2 unspecified atom stereocenters. The molecular formula is C18H17N3O5. The second-order valence-electron chi connectivity index (χ2n) is 6.46. The van der Waals surface area contributed by atoms with Gasteiger partial charge in [0.2, 0.25) is 11.8 Å². The lowest BCUT2D eigenvalue weighted by atomic mass is 9.80. The lowest BCUT2D eigenvalue weighted by molar-refractivity contribution is -0.138. The van der Waals surface area contributed by atoms with E-state index in [1.807, 2.05) is 24.3 Å². The number of allylic oxidation sites excluding steroid dienone is 3. The van der Waals surface area contributed by atoms with Gasteiger partial charge in [0.05, 0.1) is 18.4 Å². The third-order valence-corrected chi connectivity index (χ3v) is 4.68. The Hall–Kier alpha value is -3.16. The Morgan fingerprint density at radius 3 is 3.00 bits per heavy atom. The summed E-state index contributed by atoms with van der Waals surface area (Å²) in [5.41, 5.74) is 4.74. The minimum atomic E-state index is -1.01. The van der Waals surface area contributed by atoms with Gasteiger partial charge in [-0.2, -0.15) is 5.10 Å². The molecule has 0 bridgehead atoms. The molecule has 4 rings (SSSR count). The number of ether oxygens (including phenoxy) is 1. The first-order valence-electron chi connectivity index (χ1n) is 8.43. The van der Waals surface area contributed by atoms with Crippen molar-refractivity contribution >= 4 is 23.5 Å². The first-order valence-corrected chi connectivity index (χ1v) is 8.43. The van der Waals surface area contributed by atoms with Crippen LogP contribution in [0, 0.1) is 5.92 Å². The summed E-state index contributed by atoms with van der Waals surface area (Å²) in [6, 6.07) is -0.279. The topological polar surface area (TPSA) is 117 Å². The number of hydrogen-bond donors (Lipinski definition) is 3. The summed E-state index contributed by atoms with van der Waals surface area (Å²) in [4.78, 5) is 34.6. The summed E-state index contributed by atoms with van der Waals surface area (Å²) in [5, 5.41) is 15.7. The van der Waals surface area contributed by atoms with Crippen molar-refractivity contribution in [3.05, 3.63) is 47.0 Å². The van der Waals surface area contributed by atoms with Crippen LogP contribution in [0.2, 0.25) is 0 Å². The van der Waals surface area contributed by atoms with Crippen LogP contribution in [0.4, 0.5) is 0 Å². The molecule has 0 aromatic rings. The van der Waals surface area contributed by atoms with Crippen LogP contribution in [0.3, 0.4) is 0 Å². The van der Waals surface area contributed by atoms with Gasteiger partial charge in [-0.25, -0.2) is 5.43 Å². The molecule has 0 saturated carbocycles. The van der Waals surface area contributed by atoms with E-state index in [1.165, 1.54) is 0 Å². The summed E-state index contributed by atoms with van der Waals surface area (Å²) in [5.74, 6) is -0.512. The highest BCUT2D eigenvalue weighted by Crippen LogP contribution is 2.40. The Balaban J connectivity index is 1.59. The summed E-state index contributed by atoms with van der Waals surface area (Å²) < 4.78 is 5.95. The number of carbonyl (C=O) groups excluding carboxylic acids is 2. The number of nitrogens with one attached hydrogen (secondary N) is 2. The number of aliphatic carboxylic acids is 1. The molecule has 2 amide bonds. The molecule has 2 aliphatic carbocycles. The number of fused-ring (bicyclic) bond motifs is 2. The van der Waals surface area contributed by atoms with E-state index in [4.69, 9.17) is 9.84 Å². The number of rotatable bonds is 4. The van der Waals surface area contributed by atoms with Crippen molar-refractivity contribution in [2.45, 2.75) is 31.7 Å². The molecule has 2 heterocycles. The molecule has 0 fully saturated rings. The minimum Gasteiger partial charge on any atom is -0.481 e. The van der Waals surface area contributed by atoms with Crippen LogP contribution in [-0.2, 0) is 19.1 Å². The van der Waals surface area contributed by atoms with Gasteiger partial charge in [-0.3, -0.25) is 14.4 Å². The maximum atomic E-state index is 12.1. The van der Waals surface area contributed by atoms with Gasteiger partial charge in [-0.05, 0) is 31.1 Å². The van der Waals surface area contributed by atoms with Crippen molar-refractivity contribution in [2.24, 2.45) is 11.0 Å². The average molecular weight is 355 g/mol. The molecule has 0 spiro atoms. The van der Waals surface area contributed by atoms with E-state index in [2.05, 4.69) is 15.8 Å². The molecule has 0 aromatic carbocycles. The van der Waals surface area contributed by atoms with Gasteiger partial charge in [0.25, 0.3) is 0 Å². The van der Waals surface area contributed by atoms with Gasteiger partial charge in [-0.15, -0.1) is 0 Å². The van der Waals surface area contributed by atoms with E-state index in [1.54, 1.807) is 0 Å². The third-order valence-electron chi connectivity index (χ3n) is 4.68. The lowest BCUT2D eigenvalue weighted by Crippen LogP contribution is -2.42. The highest BCUT2D eigenvalue weighted by Gasteiger charge is 2.40. The molecule has 4 aliphatic rings. The maximum Gasteiger partial charge on any atom is 0.303 e. The molecule has 8 nitrogen and oxygen atoms in total. The predicted molar refractivity (Wildman–Crippen MR) is 90.5 cm³/mol. The third kappa shape index (κ3) is 2.83. The number of carboxylic acid groups (broad SMARTS) is 1. The Labute approximate surface area is 149 Å². The first-order chi connectivity index (χ1) is 12.5. The lowest BCUT2D eigenvalue weighted by Gasteiger charge is -2.35. The molecule has 26 heavy (non-hydrogen) atoms. The maximum absolute atomic E-state index is 12.1. The van der Waals surface area contributed by atoms with Gasteiger partial charge < -0.3 is 15.2 Å². The molecule has 2 aliphatic heterocycles. The molecule has 0 saturated heterocycles. The summed E-state index contributed by atoms with van der Waals surface area (Å²) in [6.07, 6.45) is 8.35. The van der Waals surface area contributed by atoms with Gasteiger partial charge in [0.1, 0.15) is 17.2 Å². The van der Waals surface area contributed by atoms with E-state index in [0.717, 1.165) is 11.1 Å². The van der Waals surface area contributed by atoms with Crippen molar-refractivity contribution in [1.29, 1.82) is 0 Å². The van der Waals surface area contributed by atoms with Gasteiger partial charge in [0.15, 0.2) is 0 Å². The fourth-order valence-electron chi connectivity index (χ4n) is 3.46. The molecule has 134 valence electrons. The smallest absolute Gasteiger partial charge is 0.303 e. The second-order valence-corrected chi connectivity index (χ2v) is 6.46. The first kappa shape index (κ1) is 16.3. The Morgan fingerprint density at radius 1 is 1.35 bits per heavy atom. The summed E-state index contributed by atoms with van der Waals surface area (Å²) in [6.45, 7) is 0. The van der Waals surface area contributed by atoms with Gasteiger partial charge in [0, 0.05) is 17.6 Å².